The Morgan fingerprint density at radius 1 is 0.909 bits per heavy atom. The van der Waals surface area contributed by atoms with E-state index in [0.717, 1.165) is 18.2 Å². The Kier molecular flexibility index (Phi) is 12.8. The van der Waals surface area contributed by atoms with Crippen LogP contribution < -0.4 is 85.7 Å². The van der Waals surface area contributed by atoms with Crippen molar-refractivity contribution >= 4 is 65.7 Å². The molecule has 222 valence electrons. The average Bonchev–Trinajstić information content (AvgIpc) is 2.90. The minimum absolute atomic E-state index is 0. The van der Waals surface area contributed by atoms with Gasteiger partial charge < -0.3 is 36.8 Å². The van der Waals surface area contributed by atoms with Crippen molar-refractivity contribution in [1.29, 1.82) is 0 Å². The summed E-state index contributed by atoms with van der Waals surface area (Å²) in [7, 11) is -9.63. The van der Waals surface area contributed by atoms with Gasteiger partial charge in [0.05, 0.1) is 29.3 Å². The third kappa shape index (κ3) is 9.15. The Morgan fingerprint density at radius 3 is 2.23 bits per heavy atom. The maximum Gasteiger partial charge on any atom is 1.00 e. The summed E-state index contributed by atoms with van der Waals surface area (Å²) >= 11 is 0. The van der Waals surface area contributed by atoms with Crippen LogP contribution in [0.5, 0.6) is 11.8 Å². The molecule has 0 radical (unpaired) electrons. The van der Waals surface area contributed by atoms with Gasteiger partial charge in [0.2, 0.25) is 11.9 Å². The van der Waals surface area contributed by atoms with Gasteiger partial charge in [-0.15, -0.1) is 10.2 Å². The van der Waals surface area contributed by atoms with E-state index in [9.17, 15) is 41.3 Å². The van der Waals surface area contributed by atoms with Crippen molar-refractivity contribution in [1.82, 2.24) is 15.0 Å². The summed E-state index contributed by atoms with van der Waals surface area (Å²) in [5, 5.41) is 55.5. The molecule has 18 nitrogen and oxygen atoms in total. The first kappa shape index (κ1) is 37.5. The Labute approximate surface area is 293 Å². The van der Waals surface area contributed by atoms with Gasteiger partial charge in [0.15, 0.2) is 0 Å². The third-order valence-electron chi connectivity index (χ3n) is 5.43. The molecule has 0 aliphatic heterocycles. The summed E-state index contributed by atoms with van der Waals surface area (Å²) in [5.41, 5.74) is 5.19. The number of nitrogens with zero attached hydrogens (tertiary/aromatic N) is 5. The quantitative estimate of drug-likeness (QED) is 0.0359. The number of rotatable bonds is 10. The number of hydrogen-bond donors (Lipinski definition) is 7. The molecule has 0 saturated heterocycles. The van der Waals surface area contributed by atoms with Crippen molar-refractivity contribution in [2.24, 2.45) is 10.2 Å². The molecule has 1 heterocycles. The molecule has 1 aromatic heterocycles. The first-order chi connectivity index (χ1) is 19.7. The van der Waals surface area contributed by atoms with Gasteiger partial charge in [-0.1, -0.05) is 11.8 Å². The summed E-state index contributed by atoms with van der Waals surface area (Å²) in [6.07, 6.45) is -1.16. The van der Waals surface area contributed by atoms with Crippen LogP contribution in [-0.4, -0.2) is 70.4 Å². The number of nitrogen functional groups attached to an aromatic ring is 1. The normalized spacial score (nSPS) is 12.4. The van der Waals surface area contributed by atoms with E-state index in [2.05, 4.69) is 35.8 Å². The summed E-state index contributed by atoms with van der Waals surface area (Å²) in [6.45, 7) is -0.752. The van der Waals surface area contributed by atoms with Crippen LogP contribution in [0.2, 0.25) is 0 Å². The minimum atomic E-state index is -4.93. The Balaban J connectivity index is 0.00000337. The molecule has 0 amide bonds. The first-order valence-corrected chi connectivity index (χ1v) is 14.3. The molecule has 0 aliphatic rings. The summed E-state index contributed by atoms with van der Waals surface area (Å²) in [6, 6.07) is 6.59. The van der Waals surface area contributed by atoms with E-state index in [1.165, 1.54) is 18.2 Å². The fraction of sp³-hybridized carbons (Fsp3) is 0.136. The second kappa shape index (κ2) is 15.0. The molecular weight excluding hydrogens is 646 g/mol. The molecule has 22 heteroatoms. The molecule has 0 spiro atoms. The molecule has 0 fully saturated rings. The number of nitrogens with one attached hydrogen (secondary N) is 2. The molecule has 4 aromatic rings. The predicted molar refractivity (Wildman–Crippen MR) is 142 cm³/mol. The fourth-order valence-corrected chi connectivity index (χ4v) is 4.72. The standard InChI is InChI=1S/C22H22N8O10S2.2Na/c23-14-3-1-10-5-13(41(35,36)37)7-16(33)18(10)19(14)30-29-15-4-2-11(6-17(15)42(38,39)40)25-21-26-20(27-22(34)28-21)24-8-12(32)9-31;;/h1-7,12,31-33H,8-9,23H2,(H,35,36,37)(H,38,39,40)(H3,24,25,26,27,28,34);;/q;2*+1/p-2. The van der Waals surface area contributed by atoms with Gasteiger partial charge in [0.1, 0.15) is 16.3 Å². The van der Waals surface area contributed by atoms with E-state index in [1.807, 2.05) is 0 Å². The summed E-state index contributed by atoms with van der Waals surface area (Å²) < 4.78 is 66.4. The molecule has 4 rings (SSSR count). The topological polar surface area (TPSA) is 309 Å². The zero-order chi connectivity index (χ0) is 30.8. The number of fused-ring (bicyclic) bond motifs is 1. The number of anilines is 4. The van der Waals surface area contributed by atoms with E-state index in [4.69, 9.17) is 10.8 Å². The Hall–Kier alpha value is -2.73. The molecule has 3 aromatic carbocycles. The van der Waals surface area contributed by atoms with Crippen LogP contribution in [0.25, 0.3) is 10.8 Å². The summed E-state index contributed by atoms with van der Waals surface area (Å²) in [5.74, 6) is -1.45. The van der Waals surface area contributed by atoms with Gasteiger partial charge in [-0.2, -0.15) is 21.8 Å². The van der Waals surface area contributed by atoms with E-state index in [1.54, 1.807) is 0 Å². The number of aliphatic hydroxyl groups is 2. The van der Waals surface area contributed by atoms with Gasteiger partial charge in [-0.25, -0.2) is 9.97 Å². The molecule has 0 saturated carbocycles. The second-order valence-electron chi connectivity index (χ2n) is 8.46. The van der Waals surface area contributed by atoms with Crippen molar-refractivity contribution < 1.29 is 105 Å². The zero-order valence-electron chi connectivity index (χ0n) is 22.9. The van der Waals surface area contributed by atoms with E-state index >= 15 is 0 Å². The number of benzene rings is 3. The number of hydrogen-bond acceptors (Lipinski definition) is 16. The maximum absolute atomic E-state index is 12.7. The maximum atomic E-state index is 12.7. The molecular formula is C22H20N8Na2O10S2. The van der Waals surface area contributed by atoms with Crippen LogP contribution in [0.1, 0.15) is 0 Å². The van der Waals surface area contributed by atoms with Crippen molar-refractivity contribution in [2.45, 2.75) is 15.9 Å². The summed E-state index contributed by atoms with van der Waals surface area (Å²) in [4.78, 5) is 9.53. The Morgan fingerprint density at radius 2 is 1.59 bits per heavy atom. The van der Waals surface area contributed by atoms with Gasteiger partial charge in [-0.3, -0.25) is 9.11 Å². The van der Waals surface area contributed by atoms with E-state index in [-0.39, 0.29) is 105 Å². The minimum Gasteiger partial charge on any atom is -0.872 e. The largest absolute Gasteiger partial charge is 1.00 e. The van der Waals surface area contributed by atoms with Crippen molar-refractivity contribution in [3.8, 4) is 11.8 Å². The molecule has 8 N–H and O–H groups in total. The van der Waals surface area contributed by atoms with Gasteiger partial charge in [0, 0.05) is 17.6 Å². The zero-order valence-corrected chi connectivity index (χ0v) is 28.5. The van der Waals surface area contributed by atoms with E-state index < -0.39 is 60.2 Å². The van der Waals surface area contributed by atoms with Crippen molar-refractivity contribution in [2.75, 3.05) is 29.5 Å². The van der Waals surface area contributed by atoms with Crippen LogP contribution in [0.4, 0.5) is 34.6 Å². The SMILES string of the molecule is Nc1ccc2cc(S(=O)(=O)O)cc([O-])c2c1N=Nc1ccc(Nc2nc([O-])nc(NCC(O)CO)n2)cc1S(=O)(=O)O.[Na+].[Na+]. The smallest absolute Gasteiger partial charge is 0.872 e. The monoisotopic (exact) mass is 666 g/mol. The number of nitrogens with two attached hydrogens (primary N) is 1. The van der Waals surface area contributed by atoms with Crippen LogP contribution >= 0.6 is 0 Å². The first-order valence-electron chi connectivity index (χ1n) is 11.4. The van der Waals surface area contributed by atoms with Gasteiger partial charge >= 0.3 is 59.1 Å². The molecule has 44 heavy (non-hydrogen) atoms. The van der Waals surface area contributed by atoms with Gasteiger partial charge in [-0.05, 0) is 41.8 Å². The van der Waals surface area contributed by atoms with Gasteiger partial charge in [0.25, 0.3) is 20.2 Å². The predicted octanol–water partition coefficient (Wildman–Crippen LogP) is -5.82. The Bertz CT molecular complexity index is 1930. The molecule has 0 bridgehead atoms. The van der Waals surface area contributed by atoms with Crippen LogP contribution in [0, 0.1) is 0 Å². The molecule has 1 atom stereocenters. The average molecular weight is 667 g/mol. The fourth-order valence-electron chi connectivity index (χ4n) is 3.53. The number of aromatic nitrogens is 3. The molecule has 0 aliphatic carbocycles. The number of aliphatic hydroxyl groups excluding tert-OH is 2. The van der Waals surface area contributed by atoms with Crippen LogP contribution in [0.15, 0.2) is 62.5 Å². The van der Waals surface area contributed by atoms with E-state index in [0.29, 0.717) is 6.07 Å². The number of azo groups is 1. The van der Waals surface area contributed by atoms with Crippen molar-refractivity contribution in [3.63, 3.8) is 0 Å². The third-order valence-corrected chi connectivity index (χ3v) is 7.14. The second-order valence-corrected chi connectivity index (χ2v) is 11.3. The van der Waals surface area contributed by atoms with Crippen LogP contribution in [0.3, 0.4) is 0 Å². The molecule has 1 unspecified atom stereocenters. The van der Waals surface area contributed by atoms with Crippen molar-refractivity contribution in [3.05, 3.63) is 42.5 Å². The van der Waals surface area contributed by atoms with Crippen LogP contribution in [-0.2, 0) is 20.2 Å².